The van der Waals surface area contributed by atoms with E-state index in [9.17, 15) is 9.59 Å². The minimum absolute atomic E-state index is 0.264. The fourth-order valence-corrected chi connectivity index (χ4v) is 2.93. The second kappa shape index (κ2) is 9.26. The van der Waals surface area contributed by atoms with Gasteiger partial charge in [0.25, 0.3) is 5.91 Å². The summed E-state index contributed by atoms with van der Waals surface area (Å²) in [5.74, 6) is -0.322. The molecule has 3 aromatic rings. The summed E-state index contributed by atoms with van der Waals surface area (Å²) < 4.78 is 12.3. The molecule has 30 heavy (non-hydrogen) atoms. The molecule has 1 aromatic heterocycles. The van der Waals surface area contributed by atoms with E-state index in [1.165, 1.54) is 0 Å². The molecule has 1 N–H and O–H groups in total. The van der Waals surface area contributed by atoms with Crippen LogP contribution >= 0.6 is 0 Å². The lowest BCUT2D eigenvalue weighted by molar-refractivity contribution is -0.128. The summed E-state index contributed by atoms with van der Waals surface area (Å²) in [4.78, 5) is 24.9. The van der Waals surface area contributed by atoms with Crippen LogP contribution in [-0.2, 0) is 9.53 Å². The van der Waals surface area contributed by atoms with Gasteiger partial charge in [-0.3, -0.25) is 4.79 Å². The summed E-state index contributed by atoms with van der Waals surface area (Å²) in [6, 6.07) is 15.1. The fourth-order valence-electron chi connectivity index (χ4n) is 2.93. The maximum atomic E-state index is 12.9. The molecule has 0 saturated carbocycles. The maximum Gasteiger partial charge on any atom is 0.342 e. The Balaban J connectivity index is 2.01. The first-order chi connectivity index (χ1) is 14.4. The van der Waals surface area contributed by atoms with Gasteiger partial charge in [0.1, 0.15) is 17.0 Å². The number of esters is 1. The summed E-state index contributed by atoms with van der Waals surface area (Å²) >= 11 is 0. The van der Waals surface area contributed by atoms with Crippen LogP contribution in [0.2, 0.25) is 0 Å². The van der Waals surface area contributed by atoms with Crippen LogP contribution in [0.5, 0.6) is 5.75 Å². The number of hydrogen-bond acceptors (Lipinski definition) is 5. The monoisotopic (exact) mass is 407 g/mol. The number of aryl methyl sites for hydroxylation is 1. The second-order valence-corrected chi connectivity index (χ2v) is 6.85. The zero-order chi connectivity index (χ0) is 21.7. The van der Waals surface area contributed by atoms with Crippen LogP contribution in [0.15, 0.2) is 54.7 Å². The van der Waals surface area contributed by atoms with Crippen molar-refractivity contribution in [3.63, 3.8) is 0 Å². The smallest absolute Gasteiger partial charge is 0.342 e. The summed E-state index contributed by atoms with van der Waals surface area (Å²) in [7, 11) is 1.58. The molecule has 0 aliphatic carbocycles. The maximum absolute atomic E-state index is 12.9. The number of methoxy groups -OCH3 is 1. The molecule has 1 atom stereocenters. The lowest BCUT2D eigenvalue weighted by Gasteiger charge is -2.12. The number of ether oxygens (including phenoxy) is 2. The van der Waals surface area contributed by atoms with Gasteiger partial charge in [-0.05, 0) is 45.0 Å². The van der Waals surface area contributed by atoms with E-state index in [0.29, 0.717) is 23.6 Å². The molecule has 0 radical (unpaired) electrons. The van der Waals surface area contributed by atoms with Gasteiger partial charge in [0, 0.05) is 18.3 Å². The van der Waals surface area contributed by atoms with Crippen molar-refractivity contribution in [1.29, 1.82) is 0 Å². The Morgan fingerprint density at radius 2 is 1.90 bits per heavy atom. The Bertz CT molecular complexity index is 1040. The highest BCUT2D eigenvalue weighted by Gasteiger charge is 2.24. The SMILES string of the molecule is CCNC(=O)[C@@H](C)OC(=O)c1cn(-c2ccc(C)cc2)nc1-c1cccc(OC)c1. The van der Waals surface area contributed by atoms with Crippen LogP contribution in [0.1, 0.15) is 29.8 Å². The Labute approximate surface area is 175 Å². The highest BCUT2D eigenvalue weighted by Crippen LogP contribution is 2.27. The standard InChI is InChI=1S/C23H25N3O4/c1-5-24-22(27)16(3)30-23(28)20-14-26(18-11-9-15(2)10-12-18)25-21(20)17-7-6-8-19(13-17)29-4/h6-14,16H,5H2,1-4H3,(H,24,27)/t16-/m1/s1. The number of carbonyl (C=O) groups excluding carboxylic acids is 2. The Morgan fingerprint density at radius 3 is 2.57 bits per heavy atom. The quantitative estimate of drug-likeness (QED) is 0.606. The lowest BCUT2D eigenvalue weighted by Crippen LogP contribution is -2.35. The summed E-state index contributed by atoms with van der Waals surface area (Å²) in [5.41, 5.74) is 3.34. The van der Waals surface area contributed by atoms with Crippen LogP contribution in [0.4, 0.5) is 0 Å². The molecule has 7 nitrogen and oxygen atoms in total. The van der Waals surface area contributed by atoms with Crippen molar-refractivity contribution in [3.8, 4) is 22.7 Å². The van der Waals surface area contributed by atoms with Crippen molar-refractivity contribution < 1.29 is 19.1 Å². The first-order valence-electron chi connectivity index (χ1n) is 9.72. The molecule has 1 heterocycles. The van der Waals surface area contributed by atoms with Crippen LogP contribution < -0.4 is 10.1 Å². The van der Waals surface area contributed by atoms with Gasteiger partial charge in [0.15, 0.2) is 6.10 Å². The van der Waals surface area contributed by atoms with E-state index in [-0.39, 0.29) is 11.5 Å². The molecule has 7 heteroatoms. The number of rotatable bonds is 7. The van der Waals surface area contributed by atoms with E-state index in [1.807, 2.05) is 49.4 Å². The minimum Gasteiger partial charge on any atom is -0.497 e. The Morgan fingerprint density at radius 1 is 1.17 bits per heavy atom. The van der Waals surface area contributed by atoms with E-state index in [4.69, 9.17) is 9.47 Å². The van der Waals surface area contributed by atoms with Crippen LogP contribution in [0.3, 0.4) is 0 Å². The molecule has 2 aromatic carbocycles. The van der Waals surface area contributed by atoms with Gasteiger partial charge in [-0.2, -0.15) is 5.10 Å². The third-order valence-corrected chi connectivity index (χ3v) is 4.58. The molecule has 0 aliphatic rings. The molecule has 3 rings (SSSR count). The number of aromatic nitrogens is 2. The normalized spacial score (nSPS) is 11.6. The predicted molar refractivity (Wildman–Crippen MR) is 114 cm³/mol. The van der Waals surface area contributed by atoms with Gasteiger partial charge in [-0.15, -0.1) is 0 Å². The number of benzene rings is 2. The molecule has 0 unspecified atom stereocenters. The molecule has 0 saturated heterocycles. The van der Waals surface area contributed by atoms with E-state index < -0.39 is 12.1 Å². The van der Waals surface area contributed by atoms with Crippen molar-refractivity contribution in [3.05, 3.63) is 65.9 Å². The number of likely N-dealkylation sites (N-methyl/N-ethyl adjacent to an activating group) is 1. The molecular formula is C23H25N3O4. The summed E-state index contributed by atoms with van der Waals surface area (Å²) in [6.07, 6.45) is 0.699. The van der Waals surface area contributed by atoms with Crippen LogP contribution in [-0.4, -0.2) is 41.4 Å². The predicted octanol–water partition coefficient (Wildman–Crippen LogP) is 3.54. The number of amides is 1. The Hall–Kier alpha value is -3.61. The topological polar surface area (TPSA) is 82.5 Å². The molecular weight excluding hydrogens is 382 g/mol. The number of nitrogens with zero attached hydrogens (tertiary/aromatic N) is 2. The zero-order valence-corrected chi connectivity index (χ0v) is 17.5. The average molecular weight is 407 g/mol. The highest BCUT2D eigenvalue weighted by atomic mass is 16.5. The molecule has 0 spiro atoms. The first-order valence-corrected chi connectivity index (χ1v) is 9.72. The van der Waals surface area contributed by atoms with E-state index in [0.717, 1.165) is 11.3 Å². The first kappa shape index (κ1) is 21.1. The average Bonchev–Trinajstić information content (AvgIpc) is 3.20. The summed E-state index contributed by atoms with van der Waals surface area (Å²) in [5, 5.41) is 7.27. The third kappa shape index (κ3) is 4.68. The van der Waals surface area contributed by atoms with Gasteiger partial charge < -0.3 is 14.8 Å². The Kier molecular flexibility index (Phi) is 6.51. The highest BCUT2D eigenvalue weighted by molar-refractivity contribution is 5.97. The molecule has 0 fully saturated rings. The van der Waals surface area contributed by atoms with Gasteiger partial charge in [0.2, 0.25) is 0 Å². The van der Waals surface area contributed by atoms with Crippen molar-refractivity contribution in [2.45, 2.75) is 26.9 Å². The third-order valence-electron chi connectivity index (χ3n) is 4.58. The summed E-state index contributed by atoms with van der Waals surface area (Å²) in [6.45, 7) is 5.80. The van der Waals surface area contributed by atoms with Gasteiger partial charge in [-0.1, -0.05) is 29.8 Å². The molecule has 0 aliphatic heterocycles. The number of hydrogen-bond donors (Lipinski definition) is 1. The molecule has 0 bridgehead atoms. The van der Waals surface area contributed by atoms with Crippen molar-refractivity contribution in [1.82, 2.24) is 15.1 Å². The van der Waals surface area contributed by atoms with Gasteiger partial charge in [-0.25, -0.2) is 9.48 Å². The van der Waals surface area contributed by atoms with E-state index >= 15 is 0 Å². The molecule has 1 amide bonds. The molecule has 156 valence electrons. The van der Waals surface area contributed by atoms with Crippen molar-refractivity contribution >= 4 is 11.9 Å². The van der Waals surface area contributed by atoms with E-state index in [2.05, 4.69) is 10.4 Å². The minimum atomic E-state index is -0.918. The fraction of sp³-hybridized carbons (Fsp3) is 0.261. The zero-order valence-electron chi connectivity index (χ0n) is 17.5. The van der Waals surface area contributed by atoms with E-state index in [1.54, 1.807) is 37.9 Å². The second-order valence-electron chi connectivity index (χ2n) is 6.85. The largest absolute Gasteiger partial charge is 0.497 e. The lowest BCUT2D eigenvalue weighted by atomic mass is 10.1. The van der Waals surface area contributed by atoms with Crippen molar-refractivity contribution in [2.24, 2.45) is 0 Å². The van der Waals surface area contributed by atoms with Crippen molar-refractivity contribution in [2.75, 3.05) is 13.7 Å². The van der Waals surface area contributed by atoms with Gasteiger partial charge in [0.05, 0.1) is 12.8 Å². The van der Waals surface area contributed by atoms with Crippen LogP contribution in [0, 0.1) is 6.92 Å². The van der Waals surface area contributed by atoms with Gasteiger partial charge >= 0.3 is 5.97 Å². The number of nitrogens with one attached hydrogen (secondary N) is 1. The van der Waals surface area contributed by atoms with Crippen LogP contribution in [0.25, 0.3) is 16.9 Å². The number of carbonyl (C=O) groups is 2.